The van der Waals surface area contributed by atoms with Crippen molar-refractivity contribution in [1.82, 2.24) is 5.32 Å². The van der Waals surface area contributed by atoms with Gasteiger partial charge in [0.15, 0.2) is 0 Å². The Bertz CT molecular complexity index is 1490. The van der Waals surface area contributed by atoms with Crippen molar-refractivity contribution in [3.63, 3.8) is 0 Å². The molecule has 0 spiro atoms. The van der Waals surface area contributed by atoms with Crippen LogP contribution in [0.25, 0.3) is 0 Å². The van der Waals surface area contributed by atoms with E-state index in [4.69, 9.17) is 14.2 Å². The van der Waals surface area contributed by atoms with Crippen LogP contribution in [0.3, 0.4) is 0 Å². The number of methoxy groups -OCH3 is 1. The van der Waals surface area contributed by atoms with E-state index in [2.05, 4.69) is 31.4 Å². The molecule has 0 aromatic heterocycles. The first-order valence-corrected chi connectivity index (χ1v) is 19.3. The maximum absolute atomic E-state index is 13.1. The quantitative estimate of drug-likeness (QED) is 0.202. The van der Waals surface area contributed by atoms with Gasteiger partial charge in [0, 0.05) is 12.1 Å². The van der Waals surface area contributed by atoms with E-state index in [-0.39, 0.29) is 41.6 Å². The van der Waals surface area contributed by atoms with Crippen LogP contribution in [0.1, 0.15) is 90.5 Å². The zero-order valence-corrected chi connectivity index (χ0v) is 30.9. The number of urea groups is 1. The van der Waals surface area contributed by atoms with Gasteiger partial charge in [-0.3, -0.25) is 4.79 Å². The van der Waals surface area contributed by atoms with Crippen molar-refractivity contribution in [1.29, 1.82) is 0 Å². The first-order chi connectivity index (χ1) is 24.5. The number of ether oxygens (including phenoxy) is 3. The molecule has 0 unspecified atom stereocenters. The summed E-state index contributed by atoms with van der Waals surface area (Å²) in [5.74, 6) is 2.57. The number of fused-ring (bicyclic) bond motifs is 5. The van der Waals surface area contributed by atoms with Gasteiger partial charge < -0.3 is 30.0 Å². The lowest BCUT2D eigenvalue weighted by molar-refractivity contribution is -0.176. The van der Waals surface area contributed by atoms with Crippen LogP contribution in [0, 0.1) is 46.3 Å². The Morgan fingerprint density at radius 3 is 2.37 bits per heavy atom. The van der Waals surface area contributed by atoms with E-state index in [9.17, 15) is 19.5 Å². The second-order valence-electron chi connectivity index (χ2n) is 16.5. The Morgan fingerprint density at radius 2 is 1.65 bits per heavy atom. The van der Waals surface area contributed by atoms with Crippen molar-refractivity contribution in [2.75, 3.05) is 19.0 Å². The Morgan fingerprint density at radius 1 is 0.922 bits per heavy atom. The summed E-state index contributed by atoms with van der Waals surface area (Å²) in [5, 5.41) is 17.7. The molecule has 0 bridgehead atoms. The normalized spacial score (nSPS) is 33.7. The third kappa shape index (κ3) is 8.08. The number of hydrogen-bond acceptors (Lipinski definition) is 7. The molecule has 278 valence electrons. The summed E-state index contributed by atoms with van der Waals surface area (Å²) in [6.07, 6.45) is 8.38. The number of esters is 1. The number of nitrogens with one attached hydrogen (secondary N) is 2. The van der Waals surface area contributed by atoms with E-state index in [1.54, 1.807) is 0 Å². The molecule has 4 aliphatic carbocycles. The van der Waals surface area contributed by atoms with Crippen molar-refractivity contribution in [3.05, 3.63) is 66.2 Å². The van der Waals surface area contributed by atoms with E-state index < -0.39 is 12.2 Å². The minimum absolute atomic E-state index is 0.00605. The molecule has 2 amide bonds. The van der Waals surface area contributed by atoms with E-state index in [0.717, 1.165) is 63.4 Å². The van der Waals surface area contributed by atoms with Crippen LogP contribution in [-0.2, 0) is 25.4 Å². The maximum Gasteiger partial charge on any atom is 0.508 e. The molecular weight excluding hydrogens is 644 g/mol. The molecule has 6 rings (SSSR count). The van der Waals surface area contributed by atoms with Crippen LogP contribution in [0.5, 0.6) is 0 Å². The van der Waals surface area contributed by atoms with Crippen LogP contribution in [0.4, 0.5) is 15.3 Å². The summed E-state index contributed by atoms with van der Waals surface area (Å²) >= 11 is 0. The number of anilines is 1. The minimum atomic E-state index is -0.692. The first-order valence-electron chi connectivity index (χ1n) is 19.3. The number of amides is 2. The van der Waals surface area contributed by atoms with Crippen molar-refractivity contribution in [2.24, 2.45) is 46.3 Å². The SMILES string of the molecule is COC(=O)CC[C@@H](C)[C@H]1CC[C@H]2[C@@H]3CC[C@@H]4C[C@H](OC(=O)OC[C@H](Cc5ccccc5)NC(=O)Nc5ccccc5)CC[C@]4(C)[C@H]3C[C@H](O)[C@]12C. The zero-order valence-electron chi connectivity index (χ0n) is 30.9. The van der Waals surface area contributed by atoms with Crippen LogP contribution in [0.15, 0.2) is 60.7 Å². The molecule has 4 fully saturated rings. The molecule has 11 atom stereocenters. The molecule has 2 aromatic rings. The second-order valence-corrected chi connectivity index (χ2v) is 16.5. The Labute approximate surface area is 303 Å². The van der Waals surface area contributed by atoms with Gasteiger partial charge >= 0.3 is 18.2 Å². The molecule has 3 N–H and O–H groups in total. The highest BCUT2D eigenvalue weighted by atomic mass is 16.7. The molecule has 9 nitrogen and oxygen atoms in total. The maximum atomic E-state index is 13.1. The Kier molecular flexibility index (Phi) is 11.6. The van der Waals surface area contributed by atoms with Crippen molar-refractivity contribution in [2.45, 2.75) is 110 Å². The summed E-state index contributed by atoms with van der Waals surface area (Å²) in [6.45, 7) is 7.02. The van der Waals surface area contributed by atoms with Crippen molar-refractivity contribution >= 4 is 23.8 Å². The van der Waals surface area contributed by atoms with Gasteiger partial charge in [-0.2, -0.15) is 0 Å². The Balaban J connectivity index is 1.03. The van der Waals surface area contributed by atoms with Crippen molar-refractivity contribution < 1.29 is 33.7 Å². The summed E-state index contributed by atoms with van der Waals surface area (Å²) in [7, 11) is 1.45. The van der Waals surface area contributed by atoms with E-state index in [1.807, 2.05) is 60.7 Å². The number of hydrogen-bond donors (Lipinski definition) is 3. The number of carbonyl (C=O) groups is 3. The highest BCUT2D eigenvalue weighted by Gasteiger charge is 2.63. The second kappa shape index (κ2) is 16.0. The van der Waals surface area contributed by atoms with Crippen LogP contribution >= 0.6 is 0 Å². The predicted molar refractivity (Wildman–Crippen MR) is 196 cm³/mol. The Hall–Kier alpha value is -3.59. The molecule has 4 aliphatic rings. The zero-order chi connectivity index (χ0) is 36.2. The molecule has 2 aromatic carbocycles. The fraction of sp³-hybridized carbons (Fsp3) is 0.643. The number of aliphatic hydroxyl groups is 1. The standard InChI is InChI=1S/C42H58N2O7/c1-27(15-20-38(46)49-4)34-18-19-35-33-17-16-29-24-32(21-22-41(29,2)36(33)25-37(45)42(34,35)3)51-40(48)50-26-31(23-28-11-7-5-8-12-28)44-39(47)43-30-13-9-6-10-14-30/h5-14,27,29,31-37,45H,15-26H2,1-4H3,(H2,43,44,47)/t27-,29-,31+,32-,33+,34-,35+,36+,37+,41+,42-/m1/s1. The third-order valence-electron chi connectivity index (χ3n) is 13.9. The monoisotopic (exact) mass is 702 g/mol. The van der Waals surface area contributed by atoms with Gasteiger partial charge in [-0.1, -0.05) is 69.3 Å². The summed E-state index contributed by atoms with van der Waals surface area (Å²) in [6, 6.07) is 18.2. The summed E-state index contributed by atoms with van der Waals surface area (Å²) in [4.78, 5) is 37.8. The van der Waals surface area contributed by atoms with Gasteiger partial charge in [0.2, 0.25) is 0 Å². The lowest BCUT2D eigenvalue weighted by atomic mass is 9.43. The molecule has 51 heavy (non-hydrogen) atoms. The molecule has 0 radical (unpaired) electrons. The van der Waals surface area contributed by atoms with Gasteiger partial charge in [0.1, 0.15) is 12.7 Å². The number of para-hydroxylation sites is 1. The summed E-state index contributed by atoms with van der Waals surface area (Å²) in [5.41, 5.74) is 1.68. The highest BCUT2D eigenvalue weighted by molar-refractivity contribution is 5.89. The summed E-state index contributed by atoms with van der Waals surface area (Å²) < 4.78 is 16.5. The van der Waals surface area contributed by atoms with E-state index >= 15 is 0 Å². The van der Waals surface area contributed by atoms with Gasteiger partial charge in [0.05, 0.1) is 19.3 Å². The molecule has 4 saturated carbocycles. The topological polar surface area (TPSA) is 123 Å². The molecule has 0 saturated heterocycles. The van der Waals surface area contributed by atoms with Crippen molar-refractivity contribution in [3.8, 4) is 0 Å². The van der Waals surface area contributed by atoms with Crippen LogP contribution in [-0.4, -0.2) is 55.2 Å². The molecular formula is C42H58N2O7. The predicted octanol–water partition coefficient (Wildman–Crippen LogP) is 8.16. The number of aliphatic hydroxyl groups excluding tert-OH is 1. The fourth-order valence-electron chi connectivity index (χ4n) is 11.2. The van der Waals surface area contributed by atoms with Gasteiger partial charge in [0.25, 0.3) is 0 Å². The highest BCUT2D eigenvalue weighted by Crippen LogP contribution is 2.68. The number of benzene rings is 2. The van der Waals surface area contributed by atoms with Gasteiger partial charge in [-0.15, -0.1) is 0 Å². The molecule has 9 heteroatoms. The average molecular weight is 703 g/mol. The fourth-order valence-corrected chi connectivity index (χ4v) is 11.2. The lowest BCUT2D eigenvalue weighted by Crippen LogP contribution is -2.59. The van der Waals surface area contributed by atoms with E-state index in [0.29, 0.717) is 54.0 Å². The van der Waals surface area contributed by atoms with Gasteiger partial charge in [-0.05, 0) is 128 Å². The van der Waals surface area contributed by atoms with Gasteiger partial charge in [-0.25, -0.2) is 9.59 Å². The first kappa shape index (κ1) is 37.2. The third-order valence-corrected chi connectivity index (χ3v) is 13.9. The van der Waals surface area contributed by atoms with Crippen LogP contribution in [0.2, 0.25) is 0 Å². The molecule has 0 heterocycles. The number of carbonyl (C=O) groups excluding carboxylic acids is 3. The largest absolute Gasteiger partial charge is 0.508 e. The number of rotatable bonds is 11. The smallest absolute Gasteiger partial charge is 0.469 e. The average Bonchev–Trinajstić information content (AvgIpc) is 3.49. The van der Waals surface area contributed by atoms with E-state index in [1.165, 1.54) is 7.11 Å². The van der Waals surface area contributed by atoms with Crippen LogP contribution < -0.4 is 10.6 Å². The molecule has 0 aliphatic heterocycles. The lowest BCUT2D eigenvalue weighted by Gasteiger charge is -2.62. The minimum Gasteiger partial charge on any atom is -0.469 e.